The maximum Gasteiger partial charge on any atom is 0.253 e. The van der Waals surface area contributed by atoms with Gasteiger partial charge in [-0.2, -0.15) is 4.31 Å². The van der Waals surface area contributed by atoms with E-state index in [2.05, 4.69) is 10.3 Å². The van der Waals surface area contributed by atoms with Crippen LogP contribution in [0.1, 0.15) is 17.3 Å². The van der Waals surface area contributed by atoms with Crippen LogP contribution in [-0.4, -0.2) is 61.3 Å². The Morgan fingerprint density at radius 3 is 2.37 bits per heavy atom. The highest BCUT2D eigenvalue weighted by molar-refractivity contribution is 7.89. The van der Waals surface area contributed by atoms with Gasteiger partial charge in [0, 0.05) is 59.7 Å². The van der Waals surface area contributed by atoms with Crippen LogP contribution in [0.15, 0.2) is 83.9 Å². The van der Waals surface area contributed by atoms with Gasteiger partial charge in [-0.1, -0.05) is 11.6 Å². The van der Waals surface area contributed by atoms with E-state index in [0.717, 1.165) is 22.3 Å². The molecule has 1 aliphatic rings. The number of hydrogen-bond acceptors (Lipinski definition) is 6. The highest BCUT2D eigenvalue weighted by Crippen LogP contribution is 2.27. The van der Waals surface area contributed by atoms with Crippen molar-refractivity contribution in [1.82, 2.24) is 14.2 Å². The zero-order valence-corrected chi connectivity index (χ0v) is 22.4. The van der Waals surface area contributed by atoms with Gasteiger partial charge in [-0.15, -0.1) is 0 Å². The lowest BCUT2D eigenvalue weighted by Gasteiger charge is -2.34. The molecule has 0 spiro atoms. The van der Waals surface area contributed by atoms with Gasteiger partial charge in [-0.25, -0.2) is 8.42 Å². The number of carbonyl (C=O) groups excluding carboxylic acids is 1. The lowest BCUT2D eigenvalue weighted by molar-refractivity contribution is 0.0698. The fourth-order valence-electron chi connectivity index (χ4n) is 4.42. The van der Waals surface area contributed by atoms with E-state index in [4.69, 9.17) is 16.3 Å². The van der Waals surface area contributed by atoms with Gasteiger partial charge in [-0.3, -0.25) is 9.78 Å². The van der Waals surface area contributed by atoms with Crippen LogP contribution in [-0.2, 0) is 10.0 Å². The number of aromatic nitrogens is 1. The predicted molar refractivity (Wildman–Crippen MR) is 149 cm³/mol. The largest absolute Gasteiger partial charge is 0.494 e. The van der Waals surface area contributed by atoms with Crippen LogP contribution in [0.5, 0.6) is 5.75 Å². The van der Waals surface area contributed by atoms with Gasteiger partial charge in [0.1, 0.15) is 5.75 Å². The number of nitrogens with one attached hydrogen (secondary N) is 1. The summed E-state index contributed by atoms with van der Waals surface area (Å²) in [6.45, 7) is 3.50. The van der Waals surface area contributed by atoms with Crippen LogP contribution in [0.25, 0.3) is 10.9 Å². The van der Waals surface area contributed by atoms with Crippen LogP contribution < -0.4 is 10.1 Å². The van der Waals surface area contributed by atoms with Crippen molar-refractivity contribution >= 4 is 49.8 Å². The van der Waals surface area contributed by atoms with E-state index in [-0.39, 0.29) is 23.9 Å². The molecule has 0 atom stereocenters. The fourth-order valence-corrected chi connectivity index (χ4v) is 6.01. The lowest BCUT2D eigenvalue weighted by atomic mass is 10.1. The molecule has 0 radical (unpaired) electrons. The molecule has 1 fully saturated rings. The Kier molecular flexibility index (Phi) is 7.51. The van der Waals surface area contributed by atoms with Crippen LogP contribution in [0.3, 0.4) is 0 Å². The van der Waals surface area contributed by atoms with Crippen molar-refractivity contribution in [3.05, 3.63) is 89.6 Å². The minimum atomic E-state index is -3.64. The van der Waals surface area contributed by atoms with Crippen molar-refractivity contribution in [2.45, 2.75) is 11.8 Å². The van der Waals surface area contributed by atoms with E-state index in [1.165, 1.54) is 4.31 Å². The zero-order chi connectivity index (χ0) is 26.7. The Morgan fingerprint density at radius 1 is 0.974 bits per heavy atom. The monoisotopic (exact) mass is 550 g/mol. The Balaban J connectivity index is 1.21. The molecule has 1 aliphatic heterocycles. The lowest BCUT2D eigenvalue weighted by Crippen LogP contribution is -2.50. The average Bonchev–Trinajstić information content (AvgIpc) is 2.93. The van der Waals surface area contributed by atoms with E-state index >= 15 is 0 Å². The summed E-state index contributed by atoms with van der Waals surface area (Å²) >= 11 is 6.08. The maximum atomic E-state index is 13.1. The third-order valence-electron chi connectivity index (χ3n) is 6.41. The number of ether oxygens (including phenoxy) is 1. The van der Waals surface area contributed by atoms with E-state index in [1.807, 2.05) is 43.3 Å². The second kappa shape index (κ2) is 11.0. The van der Waals surface area contributed by atoms with Crippen LogP contribution in [0, 0.1) is 0 Å². The molecule has 1 aromatic heterocycles. The number of anilines is 2. The summed E-state index contributed by atoms with van der Waals surface area (Å²) in [6, 6.07) is 21.1. The molecular formula is C28H27ClN4O4S. The third-order valence-corrected chi connectivity index (χ3v) is 8.56. The quantitative estimate of drug-likeness (QED) is 0.341. The Hall–Kier alpha value is -3.66. The van der Waals surface area contributed by atoms with Gasteiger partial charge >= 0.3 is 0 Å². The topological polar surface area (TPSA) is 91.8 Å². The maximum absolute atomic E-state index is 13.1. The number of carbonyl (C=O) groups is 1. The van der Waals surface area contributed by atoms with Crippen molar-refractivity contribution in [1.29, 1.82) is 0 Å². The third kappa shape index (κ3) is 5.45. The molecule has 1 N–H and O–H groups in total. The minimum absolute atomic E-state index is 0.126. The average molecular weight is 551 g/mol. The molecule has 2 heterocycles. The van der Waals surface area contributed by atoms with E-state index < -0.39 is 10.0 Å². The molecular weight excluding hydrogens is 524 g/mol. The van der Waals surface area contributed by atoms with Gasteiger partial charge in [0.15, 0.2) is 0 Å². The molecule has 0 saturated carbocycles. The molecule has 5 rings (SSSR count). The molecule has 4 aromatic rings. The summed E-state index contributed by atoms with van der Waals surface area (Å²) in [5.74, 6) is 0.501. The number of amides is 1. The predicted octanol–water partition coefficient (Wildman–Crippen LogP) is 5.18. The number of fused-ring (bicyclic) bond motifs is 1. The SMILES string of the molecule is CCOc1ccc(S(=O)(=O)N2CCN(C(=O)c3ccc(Nc4ccnc5cc(Cl)ccc45)cc3)CC2)cc1. The summed E-state index contributed by atoms with van der Waals surface area (Å²) in [5, 5.41) is 4.94. The summed E-state index contributed by atoms with van der Waals surface area (Å²) in [4.78, 5) is 19.4. The molecule has 0 bridgehead atoms. The number of pyridine rings is 1. The molecule has 3 aromatic carbocycles. The molecule has 8 nitrogen and oxygen atoms in total. The minimum Gasteiger partial charge on any atom is -0.494 e. The van der Waals surface area contributed by atoms with E-state index in [0.29, 0.717) is 36.0 Å². The number of piperazine rings is 1. The molecule has 1 amide bonds. The zero-order valence-electron chi connectivity index (χ0n) is 20.8. The molecule has 38 heavy (non-hydrogen) atoms. The molecule has 0 unspecified atom stereocenters. The smallest absolute Gasteiger partial charge is 0.253 e. The highest BCUT2D eigenvalue weighted by atomic mass is 35.5. The summed E-state index contributed by atoms with van der Waals surface area (Å²) in [7, 11) is -3.64. The normalized spacial score (nSPS) is 14.4. The molecule has 1 saturated heterocycles. The first kappa shape index (κ1) is 26.0. The number of nitrogens with zero attached hydrogens (tertiary/aromatic N) is 3. The summed E-state index contributed by atoms with van der Waals surface area (Å²) in [5.41, 5.74) is 3.05. The van der Waals surface area contributed by atoms with Gasteiger partial charge in [0.2, 0.25) is 10.0 Å². The van der Waals surface area contributed by atoms with Crippen LogP contribution >= 0.6 is 11.6 Å². The molecule has 0 aliphatic carbocycles. The molecule has 196 valence electrons. The van der Waals surface area contributed by atoms with E-state index in [1.54, 1.807) is 47.5 Å². The second-order valence-electron chi connectivity index (χ2n) is 8.82. The number of sulfonamides is 1. The van der Waals surface area contributed by atoms with Gasteiger partial charge in [-0.05, 0) is 79.7 Å². The van der Waals surface area contributed by atoms with E-state index in [9.17, 15) is 13.2 Å². The summed E-state index contributed by atoms with van der Waals surface area (Å²) in [6.07, 6.45) is 1.72. The van der Waals surface area contributed by atoms with Crippen LogP contribution in [0.4, 0.5) is 11.4 Å². The first-order valence-corrected chi connectivity index (χ1v) is 14.1. The fraction of sp³-hybridized carbons (Fsp3) is 0.214. The number of hydrogen-bond donors (Lipinski definition) is 1. The number of halogens is 1. The Labute approximate surface area is 226 Å². The van der Waals surface area contributed by atoms with Gasteiger partial charge < -0.3 is 15.0 Å². The van der Waals surface area contributed by atoms with Gasteiger partial charge in [0.05, 0.1) is 17.0 Å². The van der Waals surface area contributed by atoms with Crippen molar-refractivity contribution in [2.75, 3.05) is 38.1 Å². The first-order chi connectivity index (χ1) is 18.3. The van der Waals surface area contributed by atoms with Crippen LogP contribution in [0.2, 0.25) is 5.02 Å². The van der Waals surface area contributed by atoms with Crippen molar-refractivity contribution in [2.24, 2.45) is 0 Å². The number of rotatable bonds is 7. The Morgan fingerprint density at radius 2 is 1.68 bits per heavy atom. The van der Waals surface area contributed by atoms with Crippen molar-refractivity contribution in [3.63, 3.8) is 0 Å². The summed E-state index contributed by atoms with van der Waals surface area (Å²) < 4.78 is 32.9. The number of benzene rings is 3. The first-order valence-electron chi connectivity index (χ1n) is 12.3. The standard InChI is InChI=1S/C28H27ClN4O4S/c1-2-37-23-8-10-24(11-9-23)38(35,36)33-17-15-32(16-18-33)28(34)20-3-6-22(7-4-20)31-26-13-14-30-27-19-21(29)5-12-25(26)27/h3-14,19H,2,15-18H2,1H3,(H,30,31). The second-order valence-corrected chi connectivity index (χ2v) is 11.2. The Bertz CT molecular complexity index is 1550. The highest BCUT2D eigenvalue weighted by Gasteiger charge is 2.30. The van der Waals surface area contributed by atoms with Crippen molar-refractivity contribution < 1.29 is 17.9 Å². The van der Waals surface area contributed by atoms with Gasteiger partial charge in [0.25, 0.3) is 5.91 Å². The molecule has 10 heteroatoms. The van der Waals surface area contributed by atoms with Crippen molar-refractivity contribution in [3.8, 4) is 5.75 Å².